The number of hydrogen-bond donors (Lipinski definition) is 1. The fourth-order valence-corrected chi connectivity index (χ4v) is 4.13. The van der Waals surface area contributed by atoms with Gasteiger partial charge in [0.2, 0.25) is 11.9 Å². The van der Waals surface area contributed by atoms with Gasteiger partial charge in [-0.2, -0.15) is 0 Å². The maximum Gasteiger partial charge on any atom is 0.254 e. The summed E-state index contributed by atoms with van der Waals surface area (Å²) in [6.45, 7) is 1.65. The summed E-state index contributed by atoms with van der Waals surface area (Å²) in [4.78, 5) is 33.8. The molecule has 1 aliphatic heterocycles. The molecule has 1 fully saturated rings. The number of aromatic nitrogens is 2. The molecule has 2 amide bonds. The first-order valence-electron chi connectivity index (χ1n) is 8.33. The number of fused-ring (bicyclic) bond motifs is 2. The maximum absolute atomic E-state index is 14.6. The van der Waals surface area contributed by atoms with Crippen LogP contribution in [0.3, 0.4) is 0 Å². The van der Waals surface area contributed by atoms with Gasteiger partial charge in [-0.3, -0.25) is 14.9 Å². The number of carbonyl (C=O) groups excluding carboxylic acids is 2. The number of rotatable bonds is 3. The summed E-state index contributed by atoms with van der Waals surface area (Å²) in [5, 5.41) is 2.42. The van der Waals surface area contributed by atoms with Gasteiger partial charge < -0.3 is 4.90 Å². The van der Waals surface area contributed by atoms with Crippen LogP contribution in [0.2, 0.25) is 0 Å². The lowest BCUT2D eigenvalue weighted by Crippen LogP contribution is -2.48. The number of amides is 2. The molecule has 4 rings (SSSR count). The second-order valence-electron chi connectivity index (χ2n) is 6.85. The Bertz CT molecular complexity index is 929. The minimum atomic E-state index is -1.08. The molecule has 9 heteroatoms. The third-order valence-corrected chi connectivity index (χ3v) is 5.79. The largest absolute Gasteiger partial charge is 0.328 e. The topological polar surface area (TPSA) is 75.2 Å². The minimum absolute atomic E-state index is 0.0620. The molecule has 1 spiro atoms. The van der Waals surface area contributed by atoms with E-state index >= 15 is 0 Å². The van der Waals surface area contributed by atoms with Crippen molar-refractivity contribution >= 4 is 33.7 Å². The van der Waals surface area contributed by atoms with Crippen molar-refractivity contribution in [2.75, 3.05) is 18.4 Å². The van der Waals surface area contributed by atoms with Crippen molar-refractivity contribution in [3.63, 3.8) is 0 Å². The molecule has 0 saturated heterocycles. The predicted molar refractivity (Wildman–Crippen MR) is 96.4 cm³/mol. The van der Waals surface area contributed by atoms with E-state index in [1.54, 1.807) is 25.1 Å². The molecule has 6 nitrogen and oxygen atoms in total. The molecule has 1 aromatic heterocycles. The van der Waals surface area contributed by atoms with Gasteiger partial charge in [-0.15, -0.1) is 0 Å². The zero-order valence-corrected chi connectivity index (χ0v) is 15.8. The van der Waals surface area contributed by atoms with E-state index < -0.39 is 23.3 Å². The van der Waals surface area contributed by atoms with Crippen molar-refractivity contribution in [1.29, 1.82) is 0 Å². The Morgan fingerprint density at radius 3 is 2.70 bits per heavy atom. The summed E-state index contributed by atoms with van der Waals surface area (Å²) in [5.74, 6) is -1.79. The highest BCUT2D eigenvalue weighted by Gasteiger charge is 2.67. The Kier molecular flexibility index (Phi) is 4.21. The van der Waals surface area contributed by atoms with Gasteiger partial charge in [-0.25, -0.2) is 18.7 Å². The van der Waals surface area contributed by atoms with Gasteiger partial charge in [0.1, 0.15) is 12.7 Å². The van der Waals surface area contributed by atoms with E-state index in [9.17, 15) is 18.4 Å². The molecule has 1 N–H and O–H groups in total. The first-order chi connectivity index (χ1) is 12.8. The van der Waals surface area contributed by atoms with Gasteiger partial charge in [0.25, 0.3) is 5.91 Å². The van der Waals surface area contributed by atoms with Crippen LogP contribution in [0.5, 0.6) is 0 Å². The molecule has 3 atom stereocenters. The first kappa shape index (κ1) is 18.0. The minimum Gasteiger partial charge on any atom is -0.328 e. The van der Waals surface area contributed by atoms with Crippen LogP contribution in [0.1, 0.15) is 22.8 Å². The van der Waals surface area contributed by atoms with Crippen LogP contribution in [0, 0.1) is 11.7 Å². The predicted octanol–water partition coefficient (Wildman–Crippen LogP) is 2.70. The van der Waals surface area contributed by atoms with Crippen LogP contribution < -0.4 is 5.32 Å². The second-order valence-corrected chi connectivity index (χ2v) is 7.77. The van der Waals surface area contributed by atoms with Gasteiger partial charge in [-0.1, -0.05) is 22.9 Å². The fourth-order valence-electron chi connectivity index (χ4n) is 3.77. The molecule has 1 aliphatic carbocycles. The Balaban J connectivity index is 1.57. The monoisotopic (exact) mass is 436 g/mol. The van der Waals surface area contributed by atoms with Crippen molar-refractivity contribution in [3.05, 3.63) is 52.0 Å². The Labute approximate surface area is 162 Å². The normalized spacial score (nSPS) is 26.1. The molecule has 1 saturated carbocycles. The molecular formula is C18H15BrF2N4O2. The van der Waals surface area contributed by atoms with Crippen molar-refractivity contribution in [1.82, 2.24) is 14.9 Å². The first-order valence-corrected chi connectivity index (χ1v) is 9.13. The molecule has 0 bridgehead atoms. The Morgan fingerprint density at radius 1 is 1.41 bits per heavy atom. The van der Waals surface area contributed by atoms with E-state index in [0.717, 1.165) is 16.9 Å². The van der Waals surface area contributed by atoms with Gasteiger partial charge in [0.05, 0.1) is 17.8 Å². The summed E-state index contributed by atoms with van der Waals surface area (Å²) < 4.78 is 28.2. The Morgan fingerprint density at radius 2 is 2.07 bits per heavy atom. The average Bonchev–Trinajstić information content (AvgIpc) is 3.15. The number of carbonyl (C=O) groups is 2. The molecular weight excluding hydrogens is 422 g/mol. The summed E-state index contributed by atoms with van der Waals surface area (Å²) >= 11 is 3.38. The van der Waals surface area contributed by atoms with Gasteiger partial charge >= 0.3 is 0 Å². The SMILES string of the molecule is C[C@H]1[C@@H](F)[C@]12CN(CC(=O)Nc1ncc(F)cn1)C(=O)c1ccc(Br)cc12. The van der Waals surface area contributed by atoms with Crippen molar-refractivity contribution < 1.29 is 18.4 Å². The van der Waals surface area contributed by atoms with Crippen molar-refractivity contribution in [2.45, 2.75) is 18.5 Å². The average molecular weight is 437 g/mol. The van der Waals surface area contributed by atoms with E-state index in [1.165, 1.54) is 4.90 Å². The number of alkyl halides is 1. The molecule has 2 heterocycles. The van der Waals surface area contributed by atoms with Gasteiger partial charge in [-0.05, 0) is 23.8 Å². The molecule has 2 aliphatic rings. The molecule has 27 heavy (non-hydrogen) atoms. The lowest BCUT2D eigenvalue weighted by molar-refractivity contribution is -0.117. The molecule has 0 unspecified atom stereocenters. The highest BCUT2D eigenvalue weighted by Crippen LogP contribution is 2.59. The van der Waals surface area contributed by atoms with Crippen LogP contribution in [-0.4, -0.2) is 45.9 Å². The quantitative estimate of drug-likeness (QED) is 0.802. The maximum atomic E-state index is 14.6. The van der Waals surface area contributed by atoms with Crippen LogP contribution in [0.4, 0.5) is 14.7 Å². The third kappa shape index (κ3) is 2.90. The van der Waals surface area contributed by atoms with Crippen molar-refractivity contribution in [2.24, 2.45) is 5.92 Å². The number of nitrogens with zero attached hydrogens (tertiary/aromatic N) is 3. The molecule has 140 valence electrons. The summed E-state index contributed by atoms with van der Waals surface area (Å²) in [6, 6.07) is 5.15. The van der Waals surface area contributed by atoms with E-state index in [0.29, 0.717) is 11.1 Å². The standard InChI is InChI=1S/C18H15BrF2N4O2/c1-9-15(21)18(9)8-25(16(27)12-3-2-10(19)4-13(12)18)7-14(26)24-17-22-5-11(20)6-23-17/h2-6,9,15H,7-8H2,1H3,(H,22,23,24,26)/t9-,15+,18+/m0/s1. The summed E-state index contributed by atoms with van der Waals surface area (Å²) in [6.07, 6.45) is 0.777. The summed E-state index contributed by atoms with van der Waals surface area (Å²) in [7, 11) is 0. The smallest absolute Gasteiger partial charge is 0.254 e. The van der Waals surface area contributed by atoms with E-state index in [4.69, 9.17) is 0 Å². The van der Waals surface area contributed by atoms with Crippen LogP contribution in [0.25, 0.3) is 0 Å². The summed E-state index contributed by atoms with van der Waals surface area (Å²) in [5.41, 5.74) is 0.294. The van der Waals surface area contributed by atoms with E-state index in [1.807, 2.05) is 0 Å². The van der Waals surface area contributed by atoms with Crippen LogP contribution >= 0.6 is 15.9 Å². The number of nitrogens with one attached hydrogen (secondary N) is 1. The number of benzene rings is 1. The lowest BCUT2D eigenvalue weighted by atomic mass is 9.84. The van der Waals surface area contributed by atoms with E-state index in [-0.39, 0.29) is 30.9 Å². The molecule has 2 aromatic rings. The van der Waals surface area contributed by atoms with Gasteiger partial charge in [0, 0.05) is 22.5 Å². The van der Waals surface area contributed by atoms with E-state index in [2.05, 4.69) is 31.2 Å². The zero-order valence-electron chi connectivity index (χ0n) is 14.2. The number of anilines is 1. The fraction of sp³-hybridized carbons (Fsp3) is 0.333. The third-order valence-electron chi connectivity index (χ3n) is 5.29. The van der Waals surface area contributed by atoms with Crippen LogP contribution in [-0.2, 0) is 10.2 Å². The van der Waals surface area contributed by atoms with Crippen molar-refractivity contribution in [3.8, 4) is 0 Å². The number of hydrogen-bond acceptors (Lipinski definition) is 4. The zero-order chi connectivity index (χ0) is 19.3. The second kappa shape index (κ2) is 6.33. The molecule has 0 radical (unpaired) electrons. The lowest BCUT2D eigenvalue weighted by Gasteiger charge is -2.34. The van der Waals surface area contributed by atoms with Gasteiger partial charge in [0.15, 0.2) is 5.82 Å². The highest BCUT2D eigenvalue weighted by atomic mass is 79.9. The highest BCUT2D eigenvalue weighted by molar-refractivity contribution is 9.10. The number of halogens is 3. The van der Waals surface area contributed by atoms with Crippen LogP contribution in [0.15, 0.2) is 35.1 Å². The molecule has 1 aromatic carbocycles. The Hall–Kier alpha value is -2.42.